The van der Waals surface area contributed by atoms with E-state index in [2.05, 4.69) is 0 Å². The third-order valence-electron chi connectivity index (χ3n) is 2.70. The first-order valence-corrected chi connectivity index (χ1v) is 6.71. The van der Waals surface area contributed by atoms with Crippen molar-refractivity contribution in [3.8, 4) is 0 Å². The Morgan fingerprint density at radius 3 is 2.58 bits per heavy atom. The second kappa shape index (κ2) is 6.48. The first kappa shape index (κ1) is 16.1. The molecular formula is C14H24O5. The summed E-state index contributed by atoms with van der Waals surface area (Å²) < 4.78 is 16.2. The van der Waals surface area contributed by atoms with Crippen LogP contribution in [0.3, 0.4) is 0 Å². The largest absolute Gasteiger partial charge is 0.462 e. The van der Waals surface area contributed by atoms with Crippen LogP contribution in [0.4, 0.5) is 0 Å². The Hall–Kier alpha value is -0.940. The molecule has 0 aliphatic carbocycles. The van der Waals surface area contributed by atoms with E-state index < -0.39 is 17.8 Å². The van der Waals surface area contributed by atoms with Gasteiger partial charge in [-0.25, -0.2) is 0 Å². The second-order valence-electron chi connectivity index (χ2n) is 6.09. The SMILES string of the molecule is CC(C)O[C@@H]1CCC(=O)[C@@H](COC(=O)C(C)(C)C)O1. The van der Waals surface area contributed by atoms with Gasteiger partial charge in [0.2, 0.25) is 0 Å². The van der Waals surface area contributed by atoms with Crippen LogP contribution >= 0.6 is 0 Å². The van der Waals surface area contributed by atoms with Crippen molar-refractivity contribution in [3.05, 3.63) is 0 Å². The molecule has 1 aliphatic heterocycles. The lowest BCUT2D eigenvalue weighted by molar-refractivity contribution is -0.215. The van der Waals surface area contributed by atoms with Gasteiger partial charge in [-0.15, -0.1) is 0 Å². The van der Waals surface area contributed by atoms with Crippen LogP contribution < -0.4 is 0 Å². The lowest BCUT2D eigenvalue weighted by atomic mass is 9.97. The third-order valence-corrected chi connectivity index (χ3v) is 2.70. The molecule has 0 saturated carbocycles. The third kappa shape index (κ3) is 5.28. The summed E-state index contributed by atoms with van der Waals surface area (Å²) in [5.41, 5.74) is -0.578. The predicted octanol–water partition coefficient (Wildman–Crippen LogP) is 2.07. The van der Waals surface area contributed by atoms with Gasteiger partial charge in [-0.3, -0.25) is 9.59 Å². The lowest BCUT2D eigenvalue weighted by Gasteiger charge is -2.30. The molecule has 2 atom stereocenters. The van der Waals surface area contributed by atoms with E-state index >= 15 is 0 Å². The van der Waals surface area contributed by atoms with Gasteiger partial charge in [-0.2, -0.15) is 0 Å². The Balaban J connectivity index is 2.47. The van der Waals surface area contributed by atoms with Crippen LogP contribution in [-0.2, 0) is 23.8 Å². The average Bonchev–Trinajstić information content (AvgIpc) is 2.27. The average molecular weight is 272 g/mol. The number of hydrogen-bond donors (Lipinski definition) is 0. The number of rotatable bonds is 4. The number of ether oxygens (including phenoxy) is 3. The molecule has 0 aromatic heterocycles. The fraction of sp³-hybridized carbons (Fsp3) is 0.857. The first-order chi connectivity index (χ1) is 8.70. The van der Waals surface area contributed by atoms with Crippen molar-refractivity contribution in [1.29, 1.82) is 0 Å². The number of carbonyl (C=O) groups is 2. The molecule has 1 fully saturated rings. The minimum atomic E-state index is -0.705. The molecule has 0 aromatic carbocycles. The molecule has 1 rings (SSSR count). The van der Waals surface area contributed by atoms with Gasteiger partial charge in [0.15, 0.2) is 18.2 Å². The molecule has 110 valence electrons. The van der Waals surface area contributed by atoms with E-state index in [0.29, 0.717) is 12.8 Å². The van der Waals surface area contributed by atoms with Crippen LogP contribution in [0, 0.1) is 5.41 Å². The van der Waals surface area contributed by atoms with Gasteiger partial charge in [0.1, 0.15) is 6.61 Å². The maximum absolute atomic E-state index is 11.7. The van der Waals surface area contributed by atoms with Crippen LogP contribution in [0.5, 0.6) is 0 Å². The summed E-state index contributed by atoms with van der Waals surface area (Å²) in [5.74, 6) is -0.374. The number of Topliss-reactive ketones (excluding diaryl/α,β-unsaturated/α-hetero) is 1. The molecule has 19 heavy (non-hydrogen) atoms. The summed E-state index contributed by atoms with van der Waals surface area (Å²) in [5, 5.41) is 0. The van der Waals surface area contributed by atoms with Crippen LogP contribution in [0.1, 0.15) is 47.5 Å². The Labute approximate surface area is 114 Å². The number of carbonyl (C=O) groups excluding carboxylic acids is 2. The Kier molecular flexibility index (Phi) is 5.50. The van der Waals surface area contributed by atoms with Crippen molar-refractivity contribution >= 4 is 11.8 Å². The smallest absolute Gasteiger partial charge is 0.311 e. The van der Waals surface area contributed by atoms with Crippen LogP contribution in [0.2, 0.25) is 0 Å². The molecule has 1 heterocycles. The second-order valence-corrected chi connectivity index (χ2v) is 6.09. The molecule has 0 bridgehead atoms. The Bertz CT molecular complexity index is 329. The van der Waals surface area contributed by atoms with Gasteiger partial charge in [0.05, 0.1) is 11.5 Å². The van der Waals surface area contributed by atoms with Crippen molar-refractivity contribution in [1.82, 2.24) is 0 Å². The van der Waals surface area contributed by atoms with Gasteiger partial charge in [0, 0.05) is 12.8 Å². The van der Waals surface area contributed by atoms with Gasteiger partial charge < -0.3 is 14.2 Å². The normalized spacial score (nSPS) is 24.6. The Morgan fingerprint density at radius 2 is 2.05 bits per heavy atom. The summed E-state index contributed by atoms with van der Waals surface area (Å²) in [6, 6.07) is 0. The van der Waals surface area contributed by atoms with Gasteiger partial charge in [-0.1, -0.05) is 0 Å². The zero-order valence-electron chi connectivity index (χ0n) is 12.4. The molecule has 0 amide bonds. The summed E-state index contributed by atoms with van der Waals surface area (Å²) in [4.78, 5) is 23.4. The van der Waals surface area contributed by atoms with Crippen molar-refractivity contribution in [2.75, 3.05) is 6.61 Å². The lowest BCUT2D eigenvalue weighted by Crippen LogP contribution is -2.41. The highest BCUT2D eigenvalue weighted by Gasteiger charge is 2.32. The van der Waals surface area contributed by atoms with Crippen LogP contribution in [0.25, 0.3) is 0 Å². The number of hydrogen-bond acceptors (Lipinski definition) is 5. The van der Waals surface area contributed by atoms with E-state index in [9.17, 15) is 9.59 Å². The summed E-state index contributed by atoms with van der Waals surface area (Å²) in [7, 11) is 0. The molecule has 0 radical (unpaired) electrons. The predicted molar refractivity (Wildman–Crippen MR) is 69.5 cm³/mol. The molecule has 0 N–H and O–H groups in total. The minimum Gasteiger partial charge on any atom is -0.462 e. The summed E-state index contributed by atoms with van der Waals surface area (Å²) in [6.07, 6.45) is -0.105. The molecular weight excluding hydrogens is 248 g/mol. The standard InChI is InChI=1S/C14H24O5/c1-9(2)18-12-7-6-10(15)11(19-12)8-17-13(16)14(3,4)5/h9,11-12H,6-8H2,1-5H3/t11-,12+/m1/s1. The van der Waals surface area contributed by atoms with Crippen molar-refractivity contribution in [3.63, 3.8) is 0 Å². The molecule has 1 aliphatic rings. The van der Waals surface area contributed by atoms with E-state index in [-0.39, 0.29) is 24.5 Å². The highest BCUT2D eigenvalue weighted by atomic mass is 16.7. The molecule has 0 spiro atoms. The molecule has 5 nitrogen and oxygen atoms in total. The van der Waals surface area contributed by atoms with Crippen LogP contribution in [-0.4, -0.2) is 36.9 Å². The van der Waals surface area contributed by atoms with E-state index in [1.807, 2.05) is 13.8 Å². The van der Waals surface area contributed by atoms with Gasteiger partial charge >= 0.3 is 5.97 Å². The summed E-state index contributed by atoms with van der Waals surface area (Å²) >= 11 is 0. The zero-order chi connectivity index (χ0) is 14.6. The van der Waals surface area contributed by atoms with Crippen molar-refractivity contribution in [2.24, 2.45) is 5.41 Å². The van der Waals surface area contributed by atoms with Crippen LogP contribution in [0.15, 0.2) is 0 Å². The topological polar surface area (TPSA) is 61.8 Å². The van der Waals surface area contributed by atoms with E-state index in [4.69, 9.17) is 14.2 Å². The zero-order valence-corrected chi connectivity index (χ0v) is 12.4. The maximum Gasteiger partial charge on any atom is 0.311 e. The fourth-order valence-corrected chi connectivity index (χ4v) is 1.65. The molecule has 1 saturated heterocycles. The van der Waals surface area contributed by atoms with Gasteiger partial charge in [-0.05, 0) is 34.6 Å². The maximum atomic E-state index is 11.7. The van der Waals surface area contributed by atoms with E-state index in [1.165, 1.54) is 0 Å². The summed E-state index contributed by atoms with van der Waals surface area (Å²) in [6.45, 7) is 9.09. The highest BCUT2D eigenvalue weighted by Crippen LogP contribution is 2.20. The Morgan fingerprint density at radius 1 is 1.42 bits per heavy atom. The van der Waals surface area contributed by atoms with Crippen molar-refractivity contribution < 1.29 is 23.8 Å². The van der Waals surface area contributed by atoms with E-state index in [0.717, 1.165) is 0 Å². The molecule has 0 aromatic rings. The highest BCUT2D eigenvalue weighted by molar-refractivity contribution is 5.84. The number of ketones is 1. The monoisotopic (exact) mass is 272 g/mol. The van der Waals surface area contributed by atoms with Gasteiger partial charge in [0.25, 0.3) is 0 Å². The quantitative estimate of drug-likeness (QED) is 0.733. The van der Waals surface area contributed by atoms with Crippen molar-refractivity contribution in [2.45, 2.75) is 66.0 Å². The molecule has 5 heteroatoms. The first-order valence-electron chi connectivity index (χ1n) is 6.71. The fourth-order valence-electron chi connectivity index (χ4n) is 1.65. The molecule has 0 unspecified atom stereocenters. The number of esters is 1. The minimum absolute atomic E-state index is 0.0348. The van der Waals surface area contributed by atoms with E-state index in [1.54, 1.807) is 20.8 Å².